The van der Waals surface area contributed by atoms with Gasteiger partial charge in [0.2, 0.25) is 0 Å². The van der Waals surface area contributed by atoms with Gasteiger partial charge in [-0.15, -0.1) is 0 Å². The molecule has 8 heavy (non-hydrogen) atoms. The number of rotatable bonds is 0. The quantitative estimate of drug-likeness (QED) is 0.466. The van der Waals surface area contributed by atoms with E-state index in [0.29, 0.717) is 12.6 Å². The Morgan fingerprint density at radius 1 is 1.75 bits per heavy atom. The maximum Gasteiger partial charge on any atom is 0.152 e. The Bertz CT molecular complexity index is 134. The zero-order valence-corrected chi connectivity index (χ0v) is 5.83. The third kappa shape index (κ3) is 0.947. The van der Waals surface area contributed by atoms with Crippen LogP contribution in [0, 0.1) is 0 Å². The van der Waals surface area contributed by atoms with Crippen molar-refractivity contribution in [2.75, 3.05) is 12.8 Å². The molecule has 0 saturated carbocycles. The van der Waals surface area contributed by atoms with Gasteiger partial charge in [-0.05, 0) is 19.5 Å². The first-order chi connectivity index (χ1) is 3.63. The molecule has 2 atom stereocenters. The minimum absolute atomic E-state index is 0.522. The first-order valence-corrected chi connectivity index (χ1v) is 5.24. The van der Waals surface area contributed by atoms with E-state index in [4.69, 9.17) is 0 Å². The predicted molar refractivity (Wildman–Crippen MR) is 32.5 cm³/mol. The summed E-state index contributed by atoms with van der Waals surface area (Å²) in [5.74, 6) is -0.984. The van der Waals surface area contributed by atoms with Gasteiger partial charge in [-0.1, -0.05) is 0 Å². The van der Waals surface area contributed by atoms with E-state index in [1.54, 1.807) is 6.66 Å². The van der Waals surface area contributed by atoms with E-state index < -0.39 is 13.1 Å². The molecule has 0 aromatic heterocycles. The maximum absolute atomic E-state index is 12.4. The SMILES string of the molecule is CP1(=O)CCCC1F. The van der Waals surface area contributed by atoms with E-state index >= 15 is 0 Å². The van der Waals surface area contributed by atoms with Crippen molar-refractivity contribution in [1.29, 1.82) is 0 Å². The molecule has 1 aliphatic rings. The molecule has 0 aliphatic carbocycles. The number of halogens is 1. The van der Waals surface area contributed by atoms with Crippen molar-refractivity contribution in [1.82, 2.24) is 0 Å². The Labute approximate surface area is 48.6 Å². The van der Waals surface area contributed by atoms with Crippen molar-refractivity contribution in [3.8, 4) is 0 Å². The minimum Gasteiger partial charge on any atom is -0.321 e. The van der Waals surface area contributed by atoms with Crippen LogP contribution in [0.5, 0.6) is 0 Å². The molecule has 2 unspecified atom stereocenters. The highest BCUT2D eigenvalue weighted by molar-refractivity contribution is 7.63. The van der Waals surface area contributed by atoms with Crippen molar-refractivity contribution in [3.05, 3.63) is 0 Å². The van der Waals surface area contributed by atoms with Crippen LogP contribution in [0.3, 0.4) is 0 Å². The van der Waals surface area contributed by atoms with Gasteiger partial charge in [-0.25, -0.2) is 4.39 Å². The molecule has 1 fully saturated rings. The van der Waals surface area contributed by atoms with E-state index in [1.807, 2.05) is 0 Å². The van der Waals surface area contributed by atoms with Crippen molar-refractivity contribution in [3.63, 3.8) is 0 Å². The molecule has 1 rings (SSSR count). The molecular weight excluding hydrogens is 126 g/mol. The summed E-state index contributed by atoms with van der Waals surface area (Å²) in [5, 5.41) is 0. The Kier molecular flexibility index (Phi) is 1.44. The maximum atomic E-state index is 12.4. The van der Waals surface area contributed by atoms with Crippen LogP contribution in [0.2, 0.25) is 0 Å². The van der Waals surface area contributed by atoms with Crippen LogP contribution < -0.4 is 0 Å². The van der Waals surface area contributed by atoms with Crippen LogP contribution >= 0.6 is 7.14 Å². The number of hydrogen-bond acceptors (Lipinski definition) is 1. The van der Waals surface area contributed by atoms with Crippen LogP contribution in [-0.2, 0) is 4.57 Å². The highest BCUT2D eigenvalue weighted by Gasteiger charge is 2.32. The van der Waals surface area contributed by atoms with Gasteiger partial charge in [0.15, 0.2) is 5.91 Å². The van der Waals surface area contributed by atoms with Gasteiger partial charge in [0.1, 0.15) is 7.14 Å². The summed E-state index contributed by atoms with van der Waals surface area (Å²) in [6, 6.07) is 0. The molecule has 1 heterocycles. The second-order valence-electron chi connectivity index (χ2n) is 2.47. The normalized spacial score (nSPS) is 47.5. The Morgan fingerprint density at radius 2 is 2.38 bits per heavy atom. The Hall–Kier alpha value is 0.160. The minimum atomic E-state index is -2.30. The lowest BCUT2D eigenvalue weighted by molar-refractivity contribution is 0.419. The molecule has 0 aromatic rings. The molecule has 0 amide bonds. The molecular formula is C5H10FOP. The van der Waals surface area contributed by atoms with E-state index in [9.17, 15) is 8.96 Å². The summed E-state index contributed by atoms with van der Waals surface area (Å²) >= 11 is 0. The van der Waals surface area contributed by atoms with E-state index in [0.717, 1.165) is 6.42 Å². The van der Waals surface area contributed by atoms with Gasteiger partial charge in [0, 0.05) is 6.16 Å². The largest absolute Gasteiger partial charge is 0.321 e. The molecule has 1 saturated heterocycles. The van der Waals surface area contributed by atoms with Gasteiger partial charge >= 0.3 is 0 Å². The monoisotopic (exact) mass is 136 g/mol. The summed E-state index contributed by atoms with van der Waals surface area (Å²) in [6.45, 7) is 1.56. The van der Waals surface area contributed by atoms with Gasteiger partial charge in [0.25, 0.3) is 0 Å². The lowest BCUT2D eigenvalue weighted by Crippen LogP contribution is -1.90. The Balaban J connectivity index is 2.69. The Morgan fingerprint density at radius 3 is 2.50 bits per heavy atom. The third-order valence-corrected chi connectivity index (χ3v) is 4.28. The molecule has 48 valence electrons. The summed E-state index contributed by atoms with van der Waals surface area (Å²) < 4.78 is 23.4. The van der Waals surface area contributed by atoms with Crippen LogP contribution in [0.15, 0.2) is 0 Å². The van der Waals surface area contributed by atoms with Crippen molar-refractivity contribution in [2.45, 2.75) is 18.8 Å². The lowest BCUT2D eigenvalue weighted by atomic mass is 10.4. The zero-order valence-electron chi connectivity index (χ0n) is 4.93. The average Bonchev–Trinajstić information content (AvgIpc) is 1.86. The average molecular weight is 136 g/mol. The van der Waals surface area contributed by atoms with Gasteiger partial charge in [0.05, 0.1) is 0 Å². The fourth-order valence-corrected chi connectivity index (χ4v) is 2.81. The summed E-state index contributed by atoms with van der Waals surface area (Å²) in [7, 11) is -2.30. The predicted octanol–water partition coefficient (Wildman–Crippen LogP) is 2.07. The first-order valence-electron chi connectivity index (χ1n) is 2.83. The summed E-state index contributed by atoms with van der Waals surface area (Å²) in [4.78, 5) is 0. The second-order valence-corrected chi connectivity index (χ2v) is 5.83. The van der Waals surface area contributed by atoms with Gasteiger partial charge < -0.3 is 4.57 Å². The topological polar surface area (TPSA) is 17.1 Å². The van der Waals surface area contributed by atoms with Crippen LogP contribution in [0.25, 0.3) is 0 Å². The lowest BCUT2D eigenvalue weighted by Gasteiger charge is -2.04. The first kappa shape index (κ1) is 6.28. The summed E-state index contributed by atoms with van der Waals surface area (Å²) in [5.41, 5.74) is 0. The smallest absolute Gasteiger partial charge is 0.152 e. The molecule has 3 heteroatoms. The van der Waals surface area contributed by atoms with E-state index in [-0.39, 0.29) is 0 Å². The highest BCUT2D eigenvalue weighted by atomic mass is 31.2. The van der Waals surface area contributed by atoms with Crippen LogP contribution in [-0.4, -0.2) is 18.7 Å². The van der Waals surface area contributed by atoms with Crippen LogP contribution in [0.4, 0.5) is 4.39 Å². The molecule has 1 aliphatic heterocycles. The highest BCUT2D eigenvalue weighted by Crippen LogP contribution is 2.55. The molecule has 0 spiro atoms. The second kappa shape index (κ2) is 1.84. The van der Waals surface area contributed by atoms with Gasteiger partial charge in [-0.2, -0.15) is 0 Å². The fourth-order valence-electron chi connectivity index (χ4n) is 0.987. The molecule has 0 radical (unpaired) electrons. The van der Waals surface area contributed by atoms with Crippen molar-refractivity contribution in [2.24, 2.45) is 0 Å². The van der Waals surface area contributed by atoms with Crippen molar-refractivity contribution >= 4 is 7.14 Å². The fraction of sp³-hybridized carbons (Fsp3) is 1.00. The number of hydrogen-bond donors (Lipinski definition) is 0. The molecule has 1 nitrogen and oxygen atoms in total. The third-order valence-electron chi connectivity index (χ3n) is 1.64. The molecule has 0 bridgehead atoms. The van der Waals surface area contributed by atoms with Gasteiger partial charge in [-0.3, -0.25) is 0 Å². The van der Waals surface area contributed by atoms with Crippen LogP contribution in [0.1, 0.15) is 12.8 Å². The van der Waals surface area contributed by atoms with E-state index in [2.05, 4.69) is 0 Å². The standard InChI is InChI=1S/C5H10FOP/c1-8(7)4-2-3-5(8)6/h5H,2-4H2,1H3. The molecule has 0 N–H and O–H groups in total. The molecule has 0 aromatic carbocycles. The summed E-state index contributed by atoms with van der Waals surface area (Å²) in [6.07, 6.45) is 1.96. The van der Waals surface area contributed by atoms with E-state index in [1.165, 1.54) is 0 Å². The van der Waals surface area contributed by atoms with Crippen molar-refractivity contribution < 1.29 is 8.96 Å². The number of alkyl halides is 1. The zero-order chi connectivity index (χ0) is 6.20.